The molecular weight excluding hydrogens is 234 g/mol. The largest absolute Gasteiger partial charge is 0.398 e. The van der Waals surface area contributed by atoms with Gasteiger partial charge in [-0.25, -0.2) is 4.98 Å². The predicted molar refractivity (Wildman–Crippen MR) is 71.2 cm³/mol. The molecule has 0 unspecified atom stereocenters. The van der Waals surface area contributed by atoms with Crippen LogP contribution in [0.1, 0.15) is 24.7 Å². The lowest BCUT2D eigenvalue weighted by atomic mass is 10.2. The van der Waals surface area contributed by atoms with Crippen LogP contribution < -0.4 is 5.73 Å². The van der Waals surface area contributed by atoms with Crippen molar-refractivity contribution in [3.8, 4) is 0 Å². The first kappa shape index (κ1) is 12.0. The molecule has 0 saturated carbocycles. The quantitative estimate of drug-likeness (QED) is 0.846. The molecule has 1 aromatic carbocycles. The van der Waals surface area contributed by atoms with E-state index in [4.69, 9.17) is 17.3 Å². The average molecular weight is 250 g/mol. The lowest BCUT2D eigenvalue weighted by molar-refractivity contribution is 0.706. The number of rotatable bonds is 4. The molecule has 2 aromatic rings. The zero-order valence-electron chi connectivity index (χ0n) is 9.86. The molecule has 0 aliphatic carbocycles. The van der Waals surface area contributed by atoms with Gasteiger partial charge in [-0.15, -0.1) is 0 Å². The zero-order valence-corrected chi connectivity index (χ0v) is 10.6. The maximum Gasteiger partial charge on any atom is 0.108 e. The Kier molecular flexibility index (Phi) is 3.69. The second-order valence-electron chi connectivity index (χ2n) is 4.06. The second kappa shape index (κ2) is 5.23. The third kappa shape index (κ3) is 2.80. The molecule has 0 fully saturated rings. The van der Waals surface area contributed by atoms with Crippen LogP contribution in [-0.4, -0.2) is 9.55 Å². The number of imidazole rings is 1. The highest BCUT2D eigenvalue weighted by molar-refractivity contribution is 6.30. The van der Waals surface area contributed by atoms with E-state index in [-0.39, 0.29) is 0 Å². The lowest BCUT2D eigenvalue weighted by Gasteiger charge is -2.10. The molecule has 0 bridgehead atoms. The minimum Gasteiger partial charge on any atom is -0.398 e. The van der Waals surface area contributed by atoms with Gasteiger partial charge in [-0.1, -0.05) is 18.5 Å². The molecule has 0 amide bonds. The van der Waals surface area contributed by atoms with E-state index < -0.39 is 0 Å². The highest BCUT2D eigenvalue weighted by atomic mass is 35.5. The zero-order chi connectivity index (χ0) is 12.3. The fourth-order valence-corrected chi connectivity index (χ4v) is 2.03. The summed E-state index contributed by atoms with van der Waals surface area (Å²) in [4.78, 5) is 4.34. The van der Waals surface area contributed by atoms with Gasteiger partial charge in [-0.2, -0.15) is 0 Å². The van der Waals surface area contributed by atoms with E-state index >= 15 is 0 Å². The van der Waals surface area contributed by atoms with Crippen molar-refractivity contribution in [1.29, 1.82) is 0 Å². The van der Waals surface area contributed by atoms with E-state index in [0.29, 0.717) is 5.02 Å². The van der Waals surface area contributed by atoms with Crippen molar-refractivity contribution in [2.24, 2.45) is 0 Å². The van der Waals surface area contributed by atoms with Gasteiger partial charge in [0.25, 0.3) is 0 Å². The highest BCUT2D eigenvalue weighted by Crippen LogP contribution is 2.19. The maximum absolute atomic E-state index is 5.98. The number of hydrogen-bond acceptors (Lipinski definition) is 2. The van der Waals surface area contributed by atoms with Crippen molar-refractivity contribution < 1.29 is 0 Å². The summed E-state index contributed by atoms with van der Waals surface area (Å²) < 4.78 is 2.12. The fraction of sp³-hybridized carbons (Fsp3) is 0.308. The van der Waals surface area contributed by atoms with Crippen LogP contribution in [0, 0.1) is 0 Å². The topological polar surface area (TPSA) is 43.8 Å². The molecule has 0 aliphatic heterocycles. The number of benzene rings is 1. The molecular formula is C13H16ClN3. The summed E-state index contributed by atoms with van der Waals surface area (Å²) in [5.74, 6) is 1.09. The van der Waals surface area contributed by atoms with Crippen LogP contribution in [0.3, 0.4) is 0 Å². The molecule has 3 nitrogen and oxygen atoms in total. The first-order valence-electron chi connectivity index (χ1n) is 5.74. The molecule has 0 atom stereocenters. The number of anilines is 1. The second-order valence-corrected chi connectivity index (χ2v) is 4.50. The first-order chi connectivity index (χ1) is 8.20. The van der Waals surface area contributed by atoms with Crippen molar-refractivity contribution in [2.75, 3.05) is 5.73 Å². The Labute approximate surface area is 106 Å². The normalized spacial score (nSPS) is 10.7. The number of nitrogens with two attached hydrogens (primary N) is 1. The van der Waals surface area contributed by atoms with Crippen LogP contribution in [0.4, 0.5) is 5.69 Å². The number of aryl methyl sites for hydroxylation is 1. The Hall–Kier alpha value is -1.48. The SMILES string of the molecule is CCCc1nccn1Cc1cc(Cl)ccc1N. The van der Waals surface area contributed by atoms with E-state index in [1.807, 2.05) is 24.5 Å². The van der Waals surface area contributed by atoms with E-state index in [2.05, 4.69) is 16.5 Å². The van der Waals surface area contributed by atoms with Gasteiger partial charge in [0.15, 0.2) is 0 Å². The van der Waals surface area contributed by atoms with Crippen LogP contribution in [0.2, 0.25) is 5.02 Å². The van der Waals surface area contributed by atoms with Crippen molar-refractivity contribution in [3.05, 3.63) is 47.0 Å². The molecule has 1 aromatic heterocycles. The molecule has 2 rings (SSSR count). The maximum atomic E-state index is 5.98. The summed E-state index contributed by atoms with van der Waals surface area (Å²) in [5, 5.41) is 0.714. The molecule has 1 heterocycles. The lowest BCUT2D eigenvalue weighted by Crippen LogP contribution is -2.06. The van der Waals surface area contributed by atoms with Gasteiger partial charge in [0.2, 0.25) is 0 Å². The summed E-state index contributed by atoms with van der Waals surface area (Å²) in [5.41, 5.74) is 7.74. The number of halogens is 1. The van der Waals surface area contributed by atoms with Crippen LogP contribution in [-0.2, 0) is 13.0 Å². The average Bonchev–Trinajstić information content (AvgIpc) is 2.72. The molecule has 0 spiro atoms. The van der Waals surface area contributed by atoms with E-state index in [1.165, 1.54) is 0 Å². The van der Waals surface area contributed by atoms with Crippen LogP contribution in [0.25, 0.3) is 0 Å². The summed E-state index contributed by atoms with van der Waals surface area (Å²) in [7, 11) is 0. The summed E-state index contributed by atoms with van der Waals surface area (Å²) in [6.45, 7) is 2.87. The Morgan fingerprint density at radius 1 is 1.41 bits per heavy atom. The van der Waals surface area contributed by atoms with Gasteiger partial charge < -0.3 is 10.3 Å². The molecule has 0 aliphatic rings. The van der Waals surface area contributed by atoms with Gasteiger partial charge in [-0.05, 0) is 30.2 Å². The molecule has 2 N–H and O–H groups in total. The van der Waals surface area contributed by atoms with Crippen molar-refractivity contribution in [2.45, 2.75) is 26.3 Å². The Morgan fingerprint density at radius 2 is 2.24 bits per heavy atom. The van der Waals surface area contributed by atoms with Gasteiger partial charge in [-0.3, -0.25) is 0 Å². The van der Waals surface area contributed by atoms with Gasteiger partial charge in [0.05, 0.1) is 6.54 Å². The molecule has 17 heavy (non-hydrogen) atoms. The van der Waals surface area contributed by atoms with Crippen LogP contribution >= 0.6 is 11.6 Å². The molecule has 90 valence electrons. The number of hydrogen-bond donors (Lipinski definition) is 1. The summed E-state index contributed by atoms with van der Waals surface area (Å²) >= 11 is 5.98. The minimum absolute atomic E-state index is 0.714. The minimum atomic E-state index is 0.714. The third-order valence-electron chi connectivity index (χ3n) is 2.72. The highest BCUT2D eigenvalue weighted by Gasteiger charge is 2.05. The smallest absolute Gasteiger partial charge is 0.108 e. The monoisotopic (exact) mass is 249 g/mol. The van der Waals surface area contributed by atoms with Crippen molar-refractivity contribution in [3.63, 3.8) is 0 Å². The van der Waals surface area contributed by atoms with E-state index in [0.717, 1.165) is 36.5 Å². The van der Waals surface area contributed by atoms with E-state index in [1.54, 1.807) is 6.07 Å². The first-order valence-corrected chi connectivity index (χ1v) is 6.12. The molecule has 0 saturated heterocycles. The van der Waals surface area contributed by atoms with Gasteiger partial charge in [0, 0.05) is 29.5 Å². The van der Waals surface area contributed by atoms with Crippen molar-refractivity contribution in [1.82, 2.24) is 9.55 Å². The summed E-state index contributed by atoms with van der Waals surface area (Å²) in [6.07, 6.45) is 5.87. The van der Waals surface area contributed by atoms with Gasteiger partial charge in [0.1, 0.15) is 5.82 Å². The Morgan fingerprint density at radius 3 is 3.00 bits per heavy atom. The standard InChI is InChI=1S/C13H16ClN3/c1-2-3-13-16-6-7-17(13)9-10-8-11(14)4-5-12(10)15/h4-8H,2-3,9,15H2,1H3. The van der Waals surface area contributed by atoms with Gasteiger partial charge >= 0.3 is 0 Å². The molecule has 0 radical (unpaired) electrons. The van der Waals surface area contributed by atoms with Crippen LogP contribution in [0.15, 0.2) is 30.6 Å². The summed E-state index contributed by atoms with van der Waals surface area (Å²) in [6, 6.07) is 5.56. The van der Waals surface area contributed by atoms with Crippen molar-refractivity contribution >= 4 is 17.3 Å². The number of aromatic nitrogens is 2. The van der Waals surface area contributed by atoms with E-state index in [9.17, 15) is 0 Å². The Bertz CT molecular complexity index is 505. The molecule has 4 heteroatoms. The third-order valence-corrected chi connectivity index (χ3v) is 2.96. The number of nitrogens with zero attached hydrogens (tertiary/aromatic N) is 2. The Balaban J connectivity index is 2.25. The fourth-order valence-electron chi connectivity index (χ4n) is 1.83. The number of nitrogen functional groups attached to an aromatic ring is 1. The van der Waals surface area contributed by atoms with Crippen LogP contribution in [0.5, 0.6) is 0 Å². The predicted octanol–water partition coefficient (Wildman–Crippen LogP) is 3.12.